The van der Waals surface area contributed by atoms with E-state index in [4.69, 9.17) is 9.47 Å². The molecule has 0 aliphatic heterocycles. The van der Waals surface area contributed by atoms with Crippen LogP contribution in [0.5, 0.6) is 0 Å². The molecule has 1 atom stereocenters. The van der Waals surface area contributed by atoms with Crippen LogP contribution in [0.15, 0.2) is 0 Å². The summed E-state index contributed by atoms with van der Waals surface area (Å²) >= 11 is 3.38. The molecule has 0 N–H and O–H groups in total. The van der Waals surface area contributed by atoms with E-state index in [-0.39, 0.29) is 22.9 Å². The Labute approximate surface area is 118 Å². The summed E-state index contributed by atoms with van der Waals surface area (Å²) in [4.78, 5) is 22.6. The van der Waals surface area contributed by atoms with Crippen molar-refractivity contribution in [2.24, 2.45) is 0 Å². The fraction of sp³-hybridized carbons (Fsp3) is 0.846. The number of hydrogen-bond donors (Lipinski definition) is 0. The second-order valence-corrected chi connectivity index (χ2v) is 5.75. The van der Waals surface area contributed by atoms with Gasteiger partial charge in [-0.2, -0.15) is 0 Å². The van der Waals surface area contributed by atoms with Crippen LogP contribution < -0.4 is 0 Å². The lowest BCUT2D eigenvalue weighted by Crippen LogP contribution is -2.17. The molecule has 0 aliphatic carbocycles. The topological polar surface area (TPSA) is 52.6 Å². The van der Waals surface area contributed by atoms with Gasteiger partial charge in [-0.1, -0.05) is 29.3 Å². The van der Waals surface area contributed by atoms with E-state index >= 15 is 0 Å². The van der Waals surface area contributed by atoms with Crippen LogP contribution in [-0.4, -0.2) is 29.5 Å². The molecule has 0 saturated carbocycles. The van der Waals surface area contributed by atoms with Gasteiger partial charge in [0.25, 0.3) is 0 Å². The maximum Gasteiger partial charge on any atom is 0.307 e. The molecule has 0 aromatic rings. The van der Waals surface area contributed by atoms with Gasteiger partial charge in [0, 0.05) is 11.2 Å². The van der Waals surface area contributed by atoms with E-state index in [0.717, 1.165) is 12.8 Å². The number of esters is 2. The summed E-state index contributed by atoms with van der Waals surface area (Å²) in [5.41, 5.74) is 0. The van der Waals surface area contributed by atoms with Crippen molar-refractivity contribution < 1.29 is 19.1 Å². The van der Waals surface area contributed by atoms with Gasteiger partial charge in [0.1, 0.15) is 0 Å². The smallest absolute Gasteiger partial charge is 0.307 e. The zero-order chi connectivity index (χ0) is 14.0. The summed E-state index contributed by atoms with van der Waals surface area (Å²) in [5.74, 6) is -0.398. The van der Waals surface area contributed by atoms with Crippen LogP contribution in [-0.2, 0) is 19.1 Å². The number of carbonyl (C=O) groups is 2. The molecular weight excluding hydrogens is 300 g/mol. The fourth-order valence-electron chi connectivity index (χ4n) is 1.29. The lowest BCUT2D eigenvalue weighted by molar-refractivity contribution is -0.147. The lowest BCUT2D eigenvalue weighted by Gasteiger charge is -2.12. The molecule has 0 amide bonds. The summed E-state index contributed by atoms with van der Waals surface area (Å²) in [7, 11) is 0. The van der Waals surface area contributed by atoms with Crippen molar-refractivity contribution in [2.45, 2.75) is 63.8 Å². The van der Waals surface area contributed by atoms with Crippen LogP contribution in [0.3, 0.4) is 0 Å². The van der Waals surface area contributed by atoms with Gasteiger partial charge in [-0.15, -0.1) is 0 Å². The predicted molar refractivity (Wildman–Crippen MR) is 73.7 cm³/mol. The Morgan fingerprint density at radius 1 is 1.22 bits per heavy atom. The van der Waals surface area contributed by atoms with E-state index < -0.39 is 0 Å². The number of alkyl halides is 1. The van der Waals surface area contributed by atoms with Gasteiger partial charge in [-0.3, -0.25) is 9.59 Å². The molecule has 106 valence electrons. The lowest BCUT2D eigenvalue weighted by atomic mass is 10.2. The van der Waals surface area contributed by atoms with Crippen LogP contribution in [0.1, 0.15) is 52.9 Å². The Morgan fingerprint density at radius 2 is 1.89 bits per heavy atom. The van der Waals surface area contributed by atoms with Crippen LogP contribution in [0.2, 0.25) is 0 Å². The summed E-state index contributed by atoms with van der Waals surface area (Å²) in [6.45, 7) is 6.00. The van der Waals surface area contributed by atoms with E-state index in [1.807, 2.05) is 20.8 Å². The zero-order valence-electron chi connectivity index (χ0n) is 11.4. The average molecular weight is 323 g/mol. The minimum atomic E-state index is -0.232. The maximum absolute atomic E-state index is 11.3. The molecular formula is C13H23BrO4. The Hall–Kier alpha value is -0.580. The van der Waals surface area contributed by atoms with Crippen molar-refractivity contribution >= 4 is 27.9 Å². The van der Waals surface area contributed by atoms with E-state index in [1.165, 1.54) is 0 Å². The maximum atomic E-state index is 11.3. The largest absolute Gasteiger partial charge is 0.466 e. The normalized spacial score (nSPS) is 12.3. The predicted octanol–water partition coefficient (Wildman–Crippen LogP) is 3.22. The van der Waals surface area contributed by atoms with Crippen molar-refractivity contribution in [1.29, 1.82) is 0 Å². The zero-order valence-corrected chi connectivity index (χ0v) is 13.0. The molecule has 0 aliphatic rings. The molecule has 0 saturated heterocycles. The van der Waals surface area contributed by atoms with Gasteiger partial charge >= 0.3 is 11.9 Å². The van der Waals surface area contributed by atoms with Crippen molar-refractivity contribution in [3.05, 3.63) is 0 Å². The minimum absolute atomic E-state index is 0.0114. The van der Waals surface area contributed by atoms with Crippen molar-refractivity contribution in [3.8, 4) is 0 Å². The molecule has 0 heterocycles. The fourth-order valence-corrected chi connectivity index (χ4v) is 1.74. The van der Waals surface area contributed by atoms with Crippen molar-refractivity contribution in [2.75, 3.05) is 6.61 Å². The molecule has 1 unspecified atom stereocenters. The minimum Gasteiger partial charge on any atom is -0.466 e. The van der Waals surface area contributed by atoms with Crippen molar-refractivity contribution in [1.82, 2.24) is 0 Å². The molecule has 0 fully saturated rings. The van der Waals surface area contributed by atoms with Gasteiger partial charge in [-0.25, -0.2) is 0 Å². The van der Waals surface area contributed by atoms with E-state index in [0.29, 0.717) is 25.9 Å². The highest BCUT2D eigenvalue weighted by molar-refractivity contribution is 9.09. The summed E-state index contributed by atoms with van der Waals surface area (Å²) in [6, 6.07) is 0. The number of halogens is 1. The molecule has 4 nitrogen and oxygen atoms in total. The first-order valence-electron chi connectivity index (χ1n) is 6.44. The molecule has 0 spiro atoms. The number of unbranched alkanes of at least 4 members (excludes halogenated alkanes) is 1. The van der Waals surface area contributed by atoms with Gasteiger partial charge in [0.05, 0.1) is 19.1 Å². The third-order valence-electron chi connectivity index (χ3n) is 2.18. The van der Waals surface area contributed by atoms with Gasteiger partial charge in [0.15, 0.2) is 0 Å². The molecule has 0 aromatic carbocycles. The van der Waals surface area contributed by atoms with Crippen LogP contribution in [0.4, 0.5) is 0 Å². The van der Waals surface area contributed by atoms with Gasteiger partial charge in [0.2, 0.25) is 0 Å². The summed E-state index contributed by atoms with van der Waals surface area (Å²) in [5, 5.41) is 0. The van der Waals surface area contributed by atoms with Crippen LogP contribution in [0.25, 0.3) is 0 Å². The quantitative estimate of drug-likeness (QED) is 0.483. The summed E-state index contributed by atoms with van der Waals surface area (Å²) in [6.07, 6.45) is 3.13. The standard InChI is InChI=1S/C13H23BrO4/c1-4-5-6-12(15)17-8-7-11(14)9-13(16)18-10(2)3/h10-11H,4-9H2,1-3H3. The average Bonchev–Trinajstić information content (AvgIpc) is 2.24. The SMILES string of the molecule is CCCCC(=O)OCCC(Br)CC(=O)OC(C)C. The molecule has 0 aromatic heterocycles. The number of ether oxygens (including phenoxy) is 2. The van der Waals surface area contributed by atoms with Gasteiger partial charge < -0.3 is 9.47 Å². The molecule has 0 radical (unpaired) electrons. The molecule has 5 heteroatoms. The Bertz CT molecular complexity index is 253. The third-order valence-corrected chi connectivity index (χ3v) is 2.97. The highest BCUT2D eigenvalue weighted by atomic mass is 79.9. The van der Waals surface area contributed by atoms with Crippen molar-refractivity contribution in [3.63, 3.8) is 0 Å². The molecule has 0 rings (SSSR count). The van der Waals surface area contributed by atoms with Gasteiger partial charge in [-0.05, 0) is 26.7 Å². The Kier molecular flexibility index (Phi) is 10.0. The second-order valence-electron chi connectivity index (χ2n) is 4.45. The monoisotopic (exact) mass is 322 g/mol. The number of carbonyl (C=O) groups excluding carboxylic acids is 2. The number of rotatable bonds is 9. The van der Waals surface area contributed by atoms with E-state index in [1.54, 1.807) is 0 Å². The Balaban J connectivity index is 3.61. The third kappa shape index (κ3) is 10.6. The van der Waals surface area contributed by atoms with E-state index in [2.05, 4.69) is 15.9 Å². The number of hydrogen-bond acceptors (Lipinski definition) is 4. The second kappa shape index (κ2) is 10.4. The highest BCUT2D eigenvalue weighted by Gasteiger charge is 2.13. The summed E-state index contributed by atoms with van der Waals surface area (Å²) < 4.78 is 10.1. The van der Waals surface area contributed by atoms with E-state index in [9.17, 15) is 9.59 Å². The molecule has 18 heavy (non-hydrogen) atoms. The highest BCUT2D eigenvalue weighted by Crippen LogP contribution is 2.12. The first-order valence-corrected chi connectivity index (χ1v) is 7.36. The van der Waals surface area contributed by atoms with Crippen LogP contribution >= 0.6 is 15.9 Å². The first-order chi connectivity index (χ1) is 8.45. The van der Waals surface area contributed by atoms with Crippen LogP contribution in [0, 0.1) is 0 Å². The Morgan fingerprint density at radius 3 is 2.44 bits per heavy atom. The first kappa shape index (κ1) is 17.4. The molecule has 0 bridgehead atoms.